The van der Waals surface area contributed by atoms with Crippen LogP contribution in [0.3, 0.4) is 0 Å². The molecule has 4 nitrogen and oxygen atoms in total. The van der Waals surface area contributed by atoms with Gasteiger partial charge in [-0.3, -0.25) is 4.79 Å². The number of anilines is 1. The van der Waals surface area contributed by atoms with Crippen LogP contribution in [0.25, 0.3) is 0 Å². The van der Waals surface area contributed by atoms with Gasteiger partial charge in [-0.2, -0.15) is 16.9 Å². The molecule has 0 atom stereocenters. The zero-order chi connectivity index (χ0) is 19.7. The molecule has 2 heterocycles. The van der Waals surface area contributed by atoms with Crippen LogP contribution >= 0.6 is 11.8 Å². The zero-order valence-electron chi connectivity index (χ0n) is 16.5. The summed E-state index contributed by atoms with van der Waals surface area (Å²) in [6.07, 6.45) is 0.865. The van der Waals surface area contributed by atoms with Crippen LogP contribution in [-0.2, 0) is 23.5 Å². The summed E-state index contributed by atoms with van der Waals surface area (Å²) >= 11 is 1.84. The van der Waals surface area contributed by atoms with Gasteiger partial charge in [0.05, 0.1) is 11.2 Å². The number of hydrogen-bond acceptors (Lipinski definition) is 3. The summed E-state index contributed by atoms with van der Waals surface area (Å²) in [6, 6.07) is 18.2. The number of carbonyl (C=O) groups excluding carboxylic acids is 1. The average molecular weight is 392 g/mol. The van der Waals surface area contributed by atoms with E-state index in [4.69, 9.17) is 5.10 Å². The van der Waals surface area contributed by atoms with E-state index in [9.17, 15) is 4.79 Å². The van der Waals surface area contributed by atoms with Crippen molar-refractivity contribution < 1.29 is 4.79 Å². The standard InChI is InChI=1S/C23H25N3OS/c1-23(2,3)26-21(19-14-28-15-20(19)25-26)24-22(27)18-11-9-17(10-12-18)13-16-7-5-4-6-8-16/h4-12H,13-15H2,1-3H3,(H,24,27). The van der Waals surface area contributed by atoms with E-state index in [-0.39, 0.29) is 11.4 Å². The van der Waals surface area contributed by atoms with E-state index < -0.39 is 0 Å². The molecule has 0 saturated carbocycles. The Hall–Kier alpha value is -2.53. The van der Waals surface area contributed by atoms with E-state index in [0.717, 1.165) is 35.0 Å². The molecule has 1 aliphatic rings. The van der Waals surface area contributed by atoms with Crippen molar-refractivity contribution in [3.63, 3.8) is 0 Å². The fourth-order valence-electron chi connectivity index (χ4n) is 3.41. The van der Waals surface area contributed by atoms with Gasteiger partial charge in [-0.05, 0) is 50.5 Å². The number of aromatic nitrogens is 2. The molecule has 0 saturated heterocycles. The lowest BCUT2D eigenvalue weighted by atomic mass is 10.0. The van der Waals surface area contributed by atoms with E-state index in [1.165, 1.54) is 11.1 Å². The van der Waals surface area contributed by atoms with Gasteiger partial charge in [-0.25, -0.2) is 4.68 Å². The first kappa shape index (κ1) is 18.8. The smallest absolute Gasteiger partial charge is 0.256 e. The molecular formula is C23H25N3OS. The lowest BCUT2D eigenvalue weighted by Gasteiger charge is -2.23. The lowest BCUT2D eigenvalue weighted by Crippen LogP contribution is -2.27. The zero-order valence-corrected chi connectivity index (χ0v) is 17.3. The molecule has 1 aliphatic heterocycles. The second-order valence-corrected chi connectivity index (χ2v) is 9.15. The first-order valence-electron chi connectivity index (χ1n) is 9.55. The number of benzene rings is 2. The number of fused-ring (bicyclic) bond motifs is 1. The summed E-state index contributed by atoms with van der Waals surface area (Å²) in [4.78, 5) is 12.9. The monoisotopic (exact) mass is 391 g/mol. The third-order valence-corrected chi connectivity index (χ3v) is 5.86. The molecule has 5 heteroatoms. The minimum atomic E-state index is -0.183. The minimum absolute atomic E-state index is 0.0867. The van der Waals surface area contributed by atoms with Gasteiger partial charge < -0.3 is 5.32 Å². The maximum Gasteiger partial charge on any atom is 0.256 e. The van der Waals surface area contributed by atoms with Crippen molar-refractivity contribution in [1.82, 2.24) is 9.78 Å². The van der Waals surface area contributed by atoms with Gasteiger partial charge in [-0.1, -0.05) is 42.5 Å². The molecule has 0 spiro atoms. The maximum absolute atomic E-state index is 12.9. The number of nitrogens with one attached hydrogen (secondary N) is 1. The number of nitrogens with zero attached hydrogens (tertiary/aromatic N) is 2. The number of carbonyl (C=O) groups is 1. The van der Waals surface area contributed by atoms with Gasteiger partial charge in [0.1, 0.15) is 5.82 Å². The highest BCUT2D eigenvalue weighted by Gasteiger charge is 2.28. The minimum Gasteiger partial charge on any atom is -0.306 e. The summed E-state index contributed by atoms with van der Waals surface area (Å²) in [5.41, 5.74) is 5.19. The number of hydrogen-bond donors (Lipinski definition) is 1. The predicted molar refractivity (Wildman–Crippen MR) is 116 cm³/mol. The summed E-state index contributed by atoms with van der Waals surface area (Å²) < 4.78 is 1.96. The predicted octanol–water partition coefficient (Wildman–Crippen LogP) is 5.23. The highest BCUT2D eigenvalue weighted by Crippen LogP contribution is 2.37. The molecule has 1 N–H and O–H groups in total. The summed E-state index contributed by atoms with van der Waals surface area (Å²) in [7, 11) is 0. The molecule has 2 aromatic carbocycles. The number of thioether (sulfide) groups is 1. The molecule has 144 valence electrons. The first-order valence-corrected chi connectivity index (χ1v) is 10.7. The quantitative estimate of drug-likeness (QED) is 0.662. The van der Waals surface area contributed by atoms with Crippen LogP contribution in [0.1, 0.15) is 53.5 Å². The molecule has 0 unspecified atom stereocenters. The van der Waals surface area contributed by atoms with Crippen LogP contribution in [0.15, 0.2) is 54.6 Å². The van der Waals surface area contributed by atoms with E-state index >= 15 is 0 Å². The second-order valence-electron chi connectivity index (χ2n) is 8.16. The Morgan fingerprint density at radius 1 is 1.04 bits per heavy atom. The highest BCUT2D eigenvalue weighted by atomic mass is 32.2. The largest absolute Gasteiger partial charge is 0.306 e. The van der Waals surface area contributed by atoms with Gasteiger partial charge >= 0.3 is 0 Å². The average Bonchev–Trinajstić information content (AvgIpc) is 3.25. The summed E-state index contributed by atoms with van der Waals surface area (Å²) in [5, 5.41) is 7.88. The van der Waals surface area contributed by atoms with Crippen molar-refractivity contribution >= 4 is 23.5 Å². The molecular weight excluding hydrogens is 366 g/mol. The van der Waals surface area contributed by atoms with Gasteiger partial charge in [0.25, 0.3) is 5.91 Å². The fraction of sp³-hybridized carbons (Fsp3) is 0.304. The van der Waals surface area contributed by atoms with Crippen LogP contribution < -0.4 is 5.32 Å². The van der Waals surface area contributed by atoms with Gasteiger partial charge in [0.2, 0.25) is 0 Å². The molecule has 1 amide bonds. The van der Waals surface area contributed by atoms with Crippen LogP contribution in [0, 0.1) is 0 Å². The fourth-order valence-corrected chi connectivity index (χ4v) is 4.45. The third kappa shape index (κ3) is 3.85. The normalized spacial score (nSPS) is 13.4. The highest BCUT2D eigenvalue weighted by molar-refractivity contribution is 7.98. The molecule has 0 bridgehead atoms. The first-order chi connectivity index (χ1) is 13.4. The summed E-state index contributed by atoms with van der Waals surface area (Å²) in [6.45, 7) is 6.32. The van der Waals surface area contributed by atoms with Gasteiger partial charge in [0.15, 0.2) is 0 Å². The van der Waals surface area contributed by atoms with Gasteiger partial charge in [-0.15, -0.1) is 0 Å². The van der Waals surface area contributed by atoms with Gasteiger partial charge in [0, 0.05) is 22.6 Å². The van der Waals surface area contributed by atoms with Crippen molar-refractivity contribution in [3.05, 3.63) is 82.5 Å². The van der Waals surface area contributed by atoms with E-state index in [1.54, 1.807) is 0 Å². The van der Waals surface area contributed by atoms with Crippen LogP contribution in [0.4, 0.5) is 5.82 Å². The van der Waals surface area contributed by atoms with Crippen molar-refractivity contribution in [3.8, 4) is 0 Å². The Labute approximate surface area is 170 Å². The maximum atomic E-state index is 12.9. The molecule has 0 aliphatic carbocycles. The van der Waals surface area contributed by atoms with Crippen LogP contribution in [-0.4, -0.2) is 15.7 Å². The Kier molecular flexibility index (Phi) is 5.02. The van der Waals surface area contributed by atoms with E-state index in [2.05, 4.69) is 38.2 Å². The Morgan fingerprint density at radius 2 is 1.71 bits per heavy atom. The van der Waals surface area contributed by atoms with Crippen LogP contribution in [0.5, 0.6) is 0 Å². The molecule has 1 aromatic heterocycles. The Balaban J connectivity index is 1.53. The third-order valence-electron chi connectivity index (χ3n) is 4.89. The van der Waals surface area contributed by atoms with E-state index in [1.807, 2.05) is 58.9 Å². The lowest BCUT2D eigenvalue weighted by molar-refractivity contribution is 0.102. The second kappa shape index (κ2) is 7.47. The SMILES string of the molecule is CC(C)(C)n1nc2c(c1NC(=O)c1ccc(Cc3ccccc3)cc1)CSC2. The molecule has 0 radical (unpaired) electrons. The number of rotatable bonds is 4. The topological polar surface area (TPSA) is 46.9 Å². The molecule has 3 aromatic rings. The van der Waals surface area contributed by atoms with Crippen molar-refractivity contribution in [2.75, 3.05) is 5.32 Å². The molecule has 4 rings (SSSR count). The Bertz CT molecular complexity index is 985. The summed E-state index contributed by atoms with van der Waals surface area (Å²) in [5.74, 6) is 2.56. The van der Waals surface area contributed by atoms with E-state index in [0.29, 0.717) is 5.56 Å². The van der Waals surface area contributed by atoms with Crippen molar-refractivity contribution in [2.45, 2.75) is 44.2 Å². The van der Waals surface area contributed by atoms with Crippen molar-refractivity contribution in [1.29, 1.82) is 0 Å². The molecule has 0 fully saturated rings. The Morgan fingerprint density at radius 3 is 2.39 bits per heavy atom. The molecule has 28 heavy (non-hydrogen) atoms. The van der Waals surface area contributed by atoms with Crippen LogP contribution in [0.2, 0.25) is 0 Å². The number of amides is 1. The van der Waals surface area contributed by atoms with Crippen molar-refractivity contribution in [2.24, 2.45) is 0 Å².